The molecule has 0 radical (unpaired) electrons. The minimum atomic E-state index is -0.764. The van der Waals surface area contributed by atoms with Crippen LogP contribution >= 0.6 is 15.9 Å². The van der Waals surface area contributed by atoms with Crippen molar-refractivity contribution in [2.24, 2.45) is 0 Å². The molecule has 1 aromatic carbocycles. The topological polar surface area (TPSA) is 23.5 Å². The second kappa shape index (κ2) is 5.90. The van der Waals surface area contributed by atoms with Crippen molar-refractivity contribution in [3.63, 3.8) is 0 Å². The molecule has 106 valence electrons. The Labute approximate surface area is 122 Å². The molecule has 4 heteroatoms. The van der Waals surface area contributed by atoms with Crippen molar-refractivity contribution in [2.45, 2.75) is 44.8 Å². The maximum atomic E-state index is 13.8. The molecule has 0 spiro atoms. The second-order valence-corrected chi connectivity index (χ2v) is 6.68. The number of benzene rings is 1. The maximum Gasteiger partial charge on any atom is 0.127 e. The summed E-state index contributed by atoms with van der Waals surface area (Å²) < 4.78 is 14.6. The van der Waals surface area contributed by atoms with Crippen molar-refractivity contribution in [1.82, 2.24) is 4.90 Å². The van der Waals surface area contributed by atoms with Crippen LogP contribution in [-0.2, 0) is 6.42 Å². The molecule has 0 saturated carbocycles. The smallest absolute Gasteiger partial charge is 0.127 e. The number of hydrogen-bond acceptors (Lipinski definition) is 2. The van der Waals surface area contributed by atoms with Crippen molar-refractivity contribution in [3.05, 3.63) is 34.1 Å². The molecule has 0 bridgehead atoms. The molecule has 1 heterocycles. The Hall–Kier alpha value is -0.450. The van der Waals surface area contributed by atoms with Gasteiger partial charge in [-0.25, -0.2) is 4.39 Å². The molecule has 0 unspecified atom stereocenters. The van der Waals surface area contributed by atoms with E-state index in [1.165, 1.54) is 6.07 Å². The minimum absolute atomic E-state index is 0.242. The van der Waals surface area contributed by atoms with Crippen LogP contribution in [-0.4, -0.2) is 34.7 Å². The largest absolute Gasteiger partial charge is 0.389 e. The summed E-state index contributed by atoms with van der Waals surface area (Å²) in [7, 11) is 0. The lowest BCUT2D eigenvalue weighted by molar-refractivity contribution is -0.0276. The summed E-state index contributed by atoms with van der Waals surface area (Å²) in [5.74, 6) is -0.242. The molecule has 2 rings (SSSR count). The molecule has 1 fully saturated rings. The van der Waals surface area contributed by atoms with Crippen LogP contribution in [0.15, 0.2) is 22.7 Å². The lowest BCUT2D eigenvalue weighted by Gasteiger charge is -2.40. The highest BCUT2D eigenvalue weighted by Crippen LogP contribution is 2.28. The Bertz CT molecular complexity index is 442. The zero-order valence-electron chi connectivity index (χ0n) is 11.5. The Morgan fingerprint density at radius 1 is 1.37 bits per heavy atom. The molecule has 0 aliphatic carbocycles. The Balaban J connectivity index is 2.03. The SMILES string of the molecule is CC(C)N1CCC(O)(Cc2ccc(Br)cc2F)CC1. The van der Waals surface area contributed by atoms with E-state index in [9.17, 15) is 9.50 Å². The van der Waals surface area contributed by atoms with Crippen LogP contribution in [0.3, 0.4) is 0 Å². The van der Waals surface area contributed by atoms with Gasteiger partial charge in [-0.2, -0.15) is 0 Å². The predicted octanol–water partition coefficient (Wildman–Crippen LogP) is 3.37. The normalized spacial score (nSPS) is 19.9. The summed E-state index contributed by atoms with van der Waals surface area (Å²) >= 11 is 3.25. The monoisotopic (exact) mass is 329 g/mol. The molecule has 1 aromatic rings. The summed E-state index contributed by atoms with van der Waals surface area (Å²) in [5, 5.41) is 10.6. The molecule has 0 amide bonds. The zero-order valence-corrected chi connectivity index (χ0v) is 13.1. The van der Waals surface area contributed by atoms with Gasteiger partial charge in [0.05, 0.1) is 5.60 Å². The quantitative estimate of drug-likeness (QED) is 0.919. The van der Waals surface area contributed by atoms with E-state index in [4.69, 9.17) is 0 Å². The highest BCUT2D eigenvalue weighted by Gasteiger charge is 2.33. The standard InChI is InChI=1S/C15H21BrFNO/c1-11(2)18-7-5-15(19,6-8-18)10-12-3-4-13(16)9-14(12)17/h3-4,9,11,19H,5-8,10H2,1-2H3. The van der Waals surface area contributed by atoms with Gasteiger partial charge in [0.25, 0.3) is 0 Å². The van der Waals surface area contributed by atoms with Gasteiger partial charge < -0.3 is 10.0 Å². The van der Waals surface area contributed by atoms with Crippen molar-refractivity contribution in [2.75, 3.05) is 13.1 Å². The molecule has 1 aliphatic heterocycles. The highest BCUT2D eigenvalue weighted by molar-refractivity contribution is 9.10. The summed E-state index contributed by atoms with van der Waals surface area (Å²) in [6.45, 7) is 6.09. The van der Waals surface area contributed by atoms with Gasteiger partial charge in [-0.3, -0.25) is 0 Å². The Kier molecular flexibility index (Phi) is 4.64. The fraction of sp³-hybridized carbons (Fsp3) is 0.600. The number of nitrogens with zero attached hydrogens (tertiary/aromatic N) is 1. The van der Waals surface area contributed by atoms with E-state index in [1.54, 1.807) is 6.07 Å². The van der Waals surface area contributed by atoms with Crippen LogP contribution in [0.2, 0.25) is 0 Å². The third kappa shape index (κ3) is 3.77. The highest BCUT2D eigenvalue weighted by atomic mass is 79.9. The number of likely N-dealkylation sites (tertiary alicyclic amines) is 1. The van der Waals surface area contributed by atoms with Gasteiger partial charge in [-0.05, 0) is 44.4 Å². The van der Waals surface area contributed by atoms with Gasteiger partial charge in [0.15, 0.2) is 0 Å². The number of rotatable bonds is 3. The maximum absolute atomic E-state index is 13.8. The minimum Gasteiger partial charge on any atom is -0.389 e. The van der Waals surface area contributed by atoms with Crippen LogP contribution in [0.4, 0.5) is 4.39 Å². The van der Waals surface area contributed by atoms with Gasteiger partial charge in [0.1, 0.15) is 5.82 Å². The van der Waals surface area contributed by atoms with Crippen LogP contribution in [0.1, 0.15) is 32.3 Å². The van der Waals surface area contributed by atoms with Crippen LogP contribution in [0.25, 0.3) is 0 Å². The second-order valence-electron chi connectivity index (χ2n) is 5.77. The van der Waals surface area contributed by atoms with E-state index in [0.717, 1.165) is 17.6 Å². The third-order valence-electron chi connectivity index (χ3n) is 3.99. The fourth-order valence-corrected chi connectivity index (χ4v) is 2.99. The van der Waals surface area contributed by atoms with Gasteiger partial charge in [-0.1, -0.05) is 22.0 Å². The van der Waals surface area contributed by atoms with E-state index in [1.807, 2.05) is 6.07 Å². The van der Waals surface area contributed by atoms with Crippen molar-refractivity contribution >= 4 is 15.9 Å². The molecular formula is C15H21BrFNO. The van der Waals surface area contributed by atoms with E-state index in [0.29, 0.717) is 30.9 Å². The van der Waals surface area contributed by atoms with Gasteiger partial charge in [0, 0.05) is 30.0 Å². The third-order valence-corrected chi connectivity index (χ3v) is 4.49. The number of aliphatic hydroxyl groups is 1. The first kappa shape index (κ1) is 14.9. The van der Waals surface area contributed by atoms with E-state index in [-0.39, 0.29) is 5.82 Å². The van der Waals surface area contributed by atoms with Crippen molar-refractivity contribution in [1.29, 1.82) is 0 Å². The fourth-order valence-electron chi connectivity index (χ4n) is 2.65. The summed E-state index contributed by atoms with van der Waals surface area (Å²) in [6, 6.07) is 5.55. The average Bonchev–Trinajstić information content (AvgIpc) is 2.33. The molecule has 0 aromatic heterocycles. The van der Waals surface area contributed by atoms with Gasteiger partial charge in [0.2, 0.25) is 0 Å². The first-order valence-electron chi connectivity index (χ1n) is 6.80. The van der Waals surface area contributed by atoms with Gasteiger partial charge in [-0.15, -0.1) is 0 Å². The first-order valence-corrected chi connectivity index (χ1v) is 7.59. The van der Waals surface area contributed by atoms with Crippen LogP contribution in [0, 0.1) is 5.82 Å². The summed E-state index contributed by atoms with van der Waals surface area (Å²) in [4.78, 5) is 2.35. The Morgan fingerprint density at radius 2 is 2.00 bits per heavy atom. The zero-order chi connectivity index (χ0) is 14.0. The molecule has 1 N–H and O–H groups in total. The lowest BCUT2D eigenvalue weighted by atomic mass is 9.85. The van der Waals surface area contributed by atoms with Crippen molar-refractivity contribution in [3.8, 4) is 0 Å². The van der Waals surface area contributed by atoms with E-state index >= 15 is 0 Å². The van der Waals surface area contributed by atoms with Crippen LogP contribution in [0.5, 0.6) is 0 Å². The van der Waals surface area contributed by atoms with E-state index < -0.39 is 5.60 Å². The molecular weight excluding hydrogens is 309 g/mol. The van der Waals surface area contributed by atoms with Crippen LogP contribution < -0.4 is 0 Å². The summed E-state index contributed by atoms with van der Waals surface area (Å²) in [6.07, 6.45) is 1.82. The molecule has 19 heavy (non-hydrogen) atoms. The molecule has 1 aliphatic rings. The van der Waals surface area contributed by atoms with Gasteiger partial charge >= 0.3 is 0 Å². The molecule has 2 nitrogen and oxygen atoms in total. The Morgan fingerprint density at radius 3 is 2.53 bits per heavy atom. The number of hydrogen-bond donors (Lipinski definition) is 1. The molecule has 0 atom stereocenters. The first-order chi connectivity index (χ1) is 8.89. The van der Waals surface area contributed by atoms with Crippen molar-refractivity contribution < 1.29 is 9.50 Å². The number of halogens is 2. The lowest BCUT2D eigenvalue weighted by Crippen LogP contribution is -2.47. The average molecular weight is 330 g/mol. The molecule has 1 saturated heterocycles. The van der Waals surface area contributed by atoms with E-state index in [2.05, 4.69) is 34.7 Å². The summed E-state index contributed by atoms with van der Waals surface area (Å²) in [5.41, 5.74) is -0.163. The number of piperidine rings is 1. The predicted molar refractivity (Wildman–Crippen MR) is 78.7 cm³/mol.